The van der Waals surface area contributed by atoms with Crippen LogP contribution in [0.2, 0.25) is 0 Å². The van der Waals surface area contributed by atoms with E-state index >= 15 is 0 Å². The predicted molar refractivity (Wildman–Crippen MR) is 81.7 cm³/mol. The topological polar surface area (TPSA) is 145 Å². The first-order chi connectivity index (χ1) is 11.3. The van der Waals surface area contributed by atoms with Gasteiger partial charge in [0.1, 0.15) is 0 Å². The number of rotatable bonds is 6. The molecule has 2 rings (SSSR count). The van der Waals surface area contributed by atoms with Crippen molar-refractivity contribution in [1.82, 2.24) is 19.6 Å². The van der Waals surface area contributed by atoms with Crippen LogP contribution in [0.5, 0.6) is 0 Å². The van der Waals surface area contributed by atoms with E-state index in [9.17, 15) is 19.7 Å². The van der Waals surface area contributed by atoms with E-state index in [1.54, 1.807) is 13.8 Å². The lowest BCUT2D eigenvalue weighted by atomic mass is 10.2. The molecule has 11 heteroatoms. The summed E-state index contributed by atoms with van der Waals surface area (Å²) in [5, 5.41) is 30.1. The summed E-state index contributed by atoms with van der Waals surface area (Å²) in [5.41, 5.74) is 0.336. The molecule has 0 aromatic carbocycles. The summed E-state index contributed by atoms with van der Waals surface area (Å²) in [4.78, 5) is 33.9. The molecule has 2 heterocycles. The Morgan fingerprint density at radius 1 is 1.50 bits per heavy atom. The molecule has 11 nitrogen and oxygen atoms in total. The van der Waals surface area contributed by atoms with Gasteiger partial charge in [-0.05, 0) is 18.3 Å². The molecule has 128 valence electrons. The lowest BCUT2D eigenvalue weighted by molar-refractivity contribution is -0.389. The van der Waals surface area contributed by atoms with Crippen LogP contribution < -0.4 is 5.32 Å². The van der Waals surface area contributed by atoms with Crippen molar-refractivity contribution in [2.75, 3.05) is 5.32 Å². The Labute approximate surface area is 136 Å². The van der Waals surface area contributed by atoms with Crippen LogP contribution in [0, 0.1) is 17.0 Å². The smallest absolute Gasteiger partial charge is 0.390 e. The van der Waals surface area contributed by atoms with Gasteiger partial charge in [-0.3, -0.25) is 9.48 Å². The molecule has 0 saturated heterocycles. The molecule has 1 unspecified atom stereocenters. The summed E-state index contributed by atoms with van der Waals surface area (Å²) in [6.45, 7) is 3.32. The number of hydrogen-bond acceptors (Lipinski definition) is 6. The average Bonchev–Trinajstić information content (AvgIpc) is 3.04. The van der Waals surface area contributed by atoms with E-state index in [0.717, 1.165) is 4.68 Å². The second-order valence-electron chi connectivity index (χ2n) is 5.09. The van der Waals surface area contributed by atoms with Gasteiger partial charge in [-0.1, -0.05) is 6.92 Å². The first-order valence-electron chi connectivity index (χ1n) is 7.03. The molecule has 0 bridgehead atoms. The molecule has 2 aromatic heterocycles. The first-order valence-corrected chi connectivity index (χ1v) is 7.03. The van der Waals surface area contributed by atoms with Gasteiger partial charge >= 0.3 is 11.8 Å². The third-order valence-electron chi connectivity index (χ3n) is 3.48. The molecule has 0 spiro atoms. The van der Waals surface area contributed by atoms with Crippen molar-refractivity contribution in [3.05, 3.63) is 33.8 Å². The lowest BCUT2D eigenvalue weighted by Gasteiger charge is -2.14. The highest BCUT2D eigenvalue weighted by molar-refractivity contribution is 6.00. The summed E-state index contributed by atoms with van der Waals surface area (Å²) in [6, 6.07) is 0.448. The van der Waals surface area contributed by atoms with Crippen molar-refractivity contribution in [2.45, 2.75) is 26.3 Å². The number of anilines is 1. The van der Waals surface area contributed by atoms with Gasteiger partial charge in [-0.25, -0.2) is 4.79 Å². The third-order valence-corrected chi connectivity index (χ3v) is 3.48. The fourth-order valence-corrected chi connectivity index (χ4v) is 2.34. The van der Waals surface area contributed by atoms with Crippen molar-refractivity contribution < 1.29 is 19.6 Å². The van der Waals surface area contributed by atoms with Gasteiger partial charge in [0.15, 0.2) is 11.7 Å². The second-order valence-corrected chi connectivity index (χ2v) is 5.09. The van der Waals surface area contributed by atoms with Gasteiger partial charge in [-0.15, -0.1) is 0 Å². The van der Waals surface area contributed by atoms with Crippen LogP contribution in [0.3, 0.4) is 0 Å². The van der Waals surface area contributed by atoms with Crippen LogP contribution in [0.1, 0.15) is 35.6 Å². The Balaban J connectivity index is 2.30. The number of aromatic carboxylic acids is 1. The Bertz CT molecular complexity index is 808. The zero-order valence-corrected chi connectivity index (χ0v) is 13.3. The Kier molecular flexibility index (Phi) is 4.62. The van der Waals surface area contributed by atoms with E-state index in [4.69, 9.17) is 5.11 Å². The predicted octanol–water partition coefficient (Wildman–Crippen LogP) is 1.12. The minimum absolute atomic E-state index is 0.0489. The number of aromatic nitrogens is 4. The maximum absolute atomic E-state index is 12.5. The van der Waals surface area contributed by atoms with Crippen molar-refractivity contribution in [3.8, 4) is 0 Å². The molecule has 0 aliphatic rings. The molecule has 0 aliphatic heterocycles. The fraction of sp³-hybridized carbons (Fsp3) is 0.385. The second kappa shape index (κ2) is 6.48. The molecule has 0 fully saturated rings. The van der Waals surface area contributed by atoms with E-state index in [1.807, 2.05) is 0 Å². The minimum Gasteiger partial charge on any atom is -0.476 e. The number of nitro groups is 1. The summed E-state index contributed by atoms with van der Waals surface area (Å²) in [5.74, 6) is -2.12. The SMILES string of the molecule is CCC(C(=O)Nc1cnn(C)c1C(=O)O)n1nc([N+](=O)[O-])cc1C. The average molecular weight is 336 g/mol. The van der Waals surface area contributed by atoms with Crippen LogP contribution in [-0.2, 0) is 11.8 Å². The molecule has 0 saturated carbocycles. The number of carbonyl (C=O) groups is 2. The van der Waals surface area contributed by atoms with Gasteiger partial charge in [-0.2, -0.15) is 9.78 Å². The third kappa shape index (κ3) is 3.09. The van der Waals surface area contributed by atoms with Crippen LogP contribution in [0.15, 0.2) is 12.3 Å². The van der Waals surface area contributed by atoms with Crippen molar-refractivity contribution >= 4 is 23.4 Å². The van der Waals surface area contributed by atoms with E-state index in [0.29, 0.717) is 12.1 Å². The Hall–Kier alpha value is -3.24. The molecule has 0 radical (unpaired) electrons. The largest absolute Gasteiger partial charge is 0.476 e. The van der Waals surface area contributed by atoms with Gasteiger partial charge in [0.2, 0.25) is 0 Å². The minimum atomic E-state index is -1.23. The van der Waals surface area contributed by atoms with Crippen LogP contribution in [-0.4, -0.2) is 41.5 Å². The molecular weight excluding hydrogens is 320 g/mol. The van der Waals surface area contributed by atoms with Gasteiger partial charge in [0.25, 0.3) is 5.91 Å². The van der Waals surface area contributed by atoms with Crippen LogP contribution >= 0.6 is 0 Å². The molecule has 1 atom stereocenters. The zero-order valence-electron chi connectivity index (χ0n) is 13.3. The van der Waals surface area contributed by atoms with Crippen molar-refractivity contribution in [1.29, 1.82) is 0 Å². The maximum Gasteiger partial charge on any atom is 0.390 e. The van der Waals surface area contributed by atoms with Gasteiger partial charge in [0, 0.05) is 7.05 Å². The van der Waals surface area contributed by atoms with E-state index in [2.05, 4.69) is 15.5 Å². The highest BCUT2D eigenvalue weighted by atomic mass is 16.6. The van der Waals surface area contributed by atoms with Gasteiger partial charge < -0.3 is 20.5 Å². The van der Waals surface area contributed by atoms with Crippen LogP contribution in [0.4, 0.5) is 11.5 Å². The number of aryl methyl sites for hydroxylation is 2. The molecule has 24 heavy (non-hydrogen) atoms. The van der Waals surface area contributed by atoms with Crippen molar-refractivity contribution in [2.24, 2.45) is 7.05 Å². The highest BCUT2D eigenvalue weighted by Gasteiger charge is 2.28. The van der Waals surface area contributed by atoms with E-state index in [1.165, 1.54) is 24.0 Å². The molecule has 1 amide bonds. The number of carboxylic acid groups (broad SMARTS) is 1. The van der Waals surface area contributed by atoms with Gasteiger partial charge in [0.05, 0.1) is 28.7 Å². The fourth-order valence-electron chi connectivity index (χ4n) is 2.34. The number of carbonyl (C=O) groups excluding carboxylic acids is 1. The summed E-state index contributed by atoms with van der Waals surface area (Å²) in [7, 11) is 1.44. The van der Waals surface area contributed by atoms with E-state index < -0.39 is 22.8 Å². The number of nitrogens with one attached hydrogen (secondary N) is 1. The molecule has 2 N–H and O–H groups in total. The number of carboxylic acids is 1. The lowest BCUT2D eigenvalue weighted by Crippen LogP contribution is -2.27. The quantitative estimate of drug-likeness (QED) is 0.593. The first kappa shape index (κ1) is 17.1. The molecule has 2 aromatic rings. The summed E-state index contributed by atoms with van der Waals surface area (Å²) >= 11 is 0. The Morgan fingerprint density at radius 2 is 2.17 bits per heavy atom. The van der Waals surface area contributed by atoms with Crippen LogP contribution in [0.25, 0.3) is 0 Å². The molecular formula is C13H16N6O5. The summed E-state index contributed by atoms with van der Waals surface area (Å²) < 4.78 is 2.38. The monoisotopic (exact) mass is 336 g/mol. The molecule has 0 aliphatic carbocycles. The standard InChI is InChI=1S/C13H16N6O5/c1-4-9(18-7(2)5-10(16-18)19(23)24)12(20)15-8-6-14-17(3)11(8)13(21)22/h5-6,9H,4H2,1-3H3,(H,15,20)(H,21,22). The maximum atomic E-state index is 12.5. The normalized spacial score (nSPS) is 12.0. The number of hydrogen-bond donors (Lipinski definition) is 2. The zero-order chi connectivity index (χ0) is 18.0. The summed E-state index contributed by atoms with van der Waals surface area (Å²) in [6.07, 6.45) is 1.54. The van der Waals surface area contributed by atoms with Crippen molar-refractivity contribution in [3.63, 3.8) is 0 Å². The van der Waals surface area contributed by atoms with E-state index in [-0.39, 0.29) is 17.2 Å². The number of amides is 1. The number of nitrogens with zero attached hydrogens (tertiary/aromatic N) is 5. The Morgan fingerprint density at radius 3 is 2.67 bits per heavy atom. The highest BCUT2D eigenvalue weighted by Crippen LogP contribution is 2.22.